The average molecular weight is 393 g/mol. The van der Waals surface area contributed by atoms with Crippen LogP contribution in [0, 0.1) is 0 Å². The molecule has 0 unspecified atom stereocenters. The van der Waals surface area contributed by atoms with Gasteiger partial charge >= 0.3 is 11.7 Å². The Balaban J connectivity index is 1.70. The maximum atomic E-state index is 12.2. The summed E-state index contributed by atoms with van der Waals surface area (Å²) in [4.78, 5) is 32.9. The first-order valence-corrected chi connectivity index (χ1v) is 8.28. The summed E-state index contributed by atoms with van der Waals surface area (Å²) in [6.45, 7) is -0.518. The standard InChI is InChI=1S/C17H19N3O8/c1-26-10-5-3-2-4-9(10)16(24)28-19-12-6-7-20(17(25)18-12)15-14(23)13(22)11(8-21)27-15/h2-7,11,13-15,21-23H,8H2,1H3,(H,18,19,25)/t11-,13-,14-,15-/m1/s1. The van der Waals surface area contributed by atoms with Crippen LogP contribution in [0.4, 0.5) is 5.82 Å². The highest BCUT2D eigenvalue weighted by Gasteiger charge is 2.43. The minimum absolute atomic E-state index is 0.0590. The van der Waals surface area contributed by atoms with Gasteiger partial charge in [0.05, 0.1) is 13.7 Å². The highest BCUT2D eigenvalue weighted by Crippen LogP contribution is 2.28. The first-order chi connectivity index (χ1) is 13.5. The van der Waals surface area contributed by atoms with Crippen molar-refractivity contribution in [1.29, 1.82) is 0 Å². The third-order valence-corrected chi connectivity index (χ3v) is 4.20. The molecule has 0 saturated carbocycles. The van der Waals surface area contributed by atoms with Gasteiger partial charge in [-0.3, -0.25) is 4.57 Å². The van der Waals surface area contributed by atoms with Crippen LogP contribution in [0.3, 0.4) is 0 Å². The Morgan fingerprint density at radius 2 is 2.04 bits per heavy atom. The van der Waals surface area contributed by atoms with E-state index in [0.29, 0.717) is 5.75 Å². The molecule has 11 heteroatoms. The number of para-hydroxylation sites is 1. The quantitative estimate of drug-likeness (QED) is 0.452. The Bertz CT molecular complexity index is 902. The molecule has 1 aliphatic rings. The van der Waals surface area contributed by atoms with E-state index in [1.807, 2.05) is 0 Å². The number of rotatable bonds is 6. The summed E-state index contributed by atoms with van der Waals surface area (Å²) in [7, 11) is 1.42. The molecular weight excluding hydrogens is 374 g/mol. The Labute approximate surface area is 158 Å². The highest BCUT2D eigenvalue weighted by atomic mass is 16.7. The van der Waals surface area contributed by atoms with Crippen LogP contribution in [0.1, 0.15) is 16.6 Å². The summed E-state index contributed by atoms with van der Waals surface area (Å²) in [6, 6.07) is 7.75. The van der Waals surface area contributed by atoms with Crippen molar-refractivity contribution in [2.24, 2.45) is 0 Å². The average Bonchev–Trinajstić information content (AvgIpc) is 3.00. The van der Waals surface area contributed by atoms with Gasteiger partial charge in [0, 0.05) is 12.3 Å². The fraction of sp³-hybridized carbons (Fsp3) is 0.353. The topological polar surface area (TPSA) is 152 Å². The molecule has 2 heterocycles. The molecular formula is C17H19N3O8. The predicted molar refractivity (Wildman–Crippen MR) is 93.5 cm³/mol. The monoisotopic (exact) mass is 393 g/mol. The summed E-state index contributed by atoms with van der Waals surface area (Å²) in [5, 5.41) is 28.9. The van der Waals surface area contributed by atoms with Crippen LogP contribution in [0.2, 0.25) is 0 Å². The lowest BCUT2D eigenvalue weighted by atomic mass is 10.1. The summed E-state index contributed by atoms with van der Waals surface area (Å²) in [6.07, 6.45) is -3.75. The molecule has 0 aliphatic carbocycles. The van der Waals surface area contributed by atoms with Crippen molar-refractivity contribution in [2.45, 2.75) is 24.5 Å². The van der Waals surface area contributed by atoms with E-state index in [4.69, 9.17) is 19.4 Å². The van der Waals surface area contributed by atoms with Crippen LogP contribution >= 0.6 is 0 Å². The predicted octanol–water partition coefficient (Wildman–Crippen LogP) is -0.953. The minimum atomic E-state index is -1.42. The van der Waals surface area contributed by atoms with Crippen LogP contribution in [0.5, 0.6) is 5.75 Å². The van der Waals surface area contributed by atoms with Gasteiger partial charge in [-0.1, -0.05) is 12.1 Å². The zero-order valence-electron chi connectivity index (χ0n) is 14.8. The van der Waals surface area contributed by atoms with E-state index < -0.39 is 42.8 Å². The van der Waals surface area contributed by atoms with Gasteiger partial charge in [0.1, 0.15) is 29.6 Å². The molecule has 150 valence electrons. The lowest BCUT2D eigenvalue weighted by Gasteiger charge is -2.17. The lowest BCUT2D eigenvalue weighted by molar-refractivity contribution is -0.0549. The first-order valence-electron chi connectivity index (χ1n) is 8.28. The number of anilines is 1. The van der Waals surface area contributed by atoms with Gasteiger partial charge in [-0.2, -0.15) is 10.5 Å². The number of nitrogens with zero attached hydrogens (tertiary/aromatic N) is 2. The van der Waals surface area contributed by atoms with Gasteiger partial charge in [-0.05, 0) is 12.1 Å². The zero-order chi connectivity index (χ0) is 20.3. The number of nitrogens with one attached hydrogen (secondary N) is 1. The zero-order valence-corrected chi connectivity index (χ0v) is 14.8. The second kappa shape index (κ2) is 8.35. The molecule has 28 heavy (non-hydrogen) atoms. The number of carbonyl (C=O) groups excluding carboxylic acids is 1. The summed E-state index contributed by atoms with van der Waals surface area (Å²) >= 11 is 0. The summed E-state index contributed by atoms with van der Waals surface area (Å²) in [5.74, 6) is -0.481. The van der Waals surface area contributed by atoms with Gasteiger partial charge in [0.15, 0.2) is 12.0 Å². The Morgan fingerprint density at radius 3 is 2.68 bits per heavy atom. The second-order valence-electron chi connectivity index (χ2n) is 5.92. The Morgan fingerprint density at radius 1 is 1.29 bits per heavy atom. The number of methoxy groups -OCH3 is 1. The minimum Gasteiger partial charge on any atom is -0.496 e. The van der Waals surface area contributed by atoms with Gasteiger partial charge < -0.3 is 29.6 Å². The maximum absolute atomic E-state index is 12.2. The van der Waals surface area contributed by atoms with E-state index in [1.54, 1.807) is 18.2 Å². The molecule has 0 amide bonds. The number of hydrogen-bond acceptors (Lipinski definition) is 10. The third-order valence-electron chi connectivity index (χ3n) is 4.20. The molecule has 0 bridgehead atoms. The summed E-state index contributed by atoms with van der Waals surface area (Å²) < 4.78 is 11.3. The highest BCUT2D eigenvalue weighted by molar-refractivity contribution is 5.92. The molecule has 0 spiro atoms. The van der Waals surface area contributed by atoms with Crippen molar-refractivity contribution in [3.63, 3.8) is 0 Å². The molecule has 4 atom stereocenters. The molecule has 4 N–H and O–H groups in total. The largest absolute Gasteiger partial charge is 0.496 e. The SMILES string of the molecule is COc1ccccc1C(=O)ONc1ccn([C@@H]2O[C@H](CO)[C@@H](O)[C@H]2O)c(=O)n1. The van der Waals surface area contributed by atoms with E-state index in [9.17, 15) is 19.8 Å². The molecule has 1 aromatic heterocycles. The number of benzene rings is 1. The molecule has 1 fully saturated rings. The van der Waals surface area contributed by atoms with E-state index in [-0.39, 0.29) is 11.4 Å². The van der Waals surface area contributed by atoms with Crippen molar-refractivity contribution in [2.75, 3.05) is 19.2 Å². The van der Waals surface area contributed by atoms with Crippen LogP contribution in [0.25, 0.3) is 0 Å². The number of carbonyl (C=O) groups is 1. The van der Waals surface area contributed by atoms with Gasteiger partial charge in [0.2, 0.25) is 0 Å². The van der Waals surface area contributed by atoms with Gasteiger partial charge in [-0.15, -0.1) is 0 Å². The van der Waals surface area contributed by atoms with Crippen molar-refractivity contribution >= 4 is 11.8 Å². The molecule has 0 radical (unpaired) electrons. The Kier molecular flexibility index (Phi) is 5.90. The fourth-order valence-corrected chi connectivity index (χ4v) is 2.74. The van der Waals surface area contributed by atoms with Gasteiger partial charge in [0.25, 0.3) is 0 Å². The van der Waals surface area contributed by atoms with E-state index in [2.05, 4.69) is 10.5 Å². The fourth-order valence-electron chi connectivity index (χ4n) is 2.74. The molecule has 1 aliphatic heterocycles. The molecule has 2 aromatic rings. The number of aromatic nitrogens is 2. The molecule has 1 saturated heterocycles. The van der Waals surface area contributed by atoms with Crippen molar-refractivity contribution in [1.82, 2.24) is 9.55 Å². The summed E-state index contributed by atoms with van der Waals surface area (Å²) in [5.41, 5.74) is 1.62. The van der Waals surface area contributed by atoms with Crippen LogP contribution < -0.4 is 15.9 Å². The van der Waals surface area contributed by atoms with E-state index in [0.717, 1.165) is 4.57 Å². The number of hydrogen-bond donors (Lipinski definition) is 4. The van der Waals surface area contributed by atoms with Crippen molar-refractivity contribution in [3.8, 4) is 5.75 Å². The van der Waals surface area contributed by atoms with E-state index >= 15 is 0 Å². The van der Waals surface area contributed by atoms with Crippen molar-refractivity contribution in [3.05, 3.63) is 52.6 Å². The van der Waals surface area contributed by atoms with Crippen LogP contribution in [0.15, 0.2) is 41.3 Å². The number of aliphatic hydroxyl groups is 3. The number of ether oxygens (including phenoxy) is 2. The Hall–Kier alpha value is -2.99. The molecule has 11 nitrogen and oxygen atoms in total. The molecule has 1 aromatic carbocycles. The third kappa shape index (κ3) is 3.82. The van der Waals surface area contributed by atoms with Crippen LogP contribution in [-0.4, -0.2) is 62.9 Å². The molecule has 3 rings (SSSR count). The van der Waals surface area contributed by atoms with Crippen LogP contribution in [-0.2, 0) is 9.57 Å². The maximum Gasteiger partial charge on any atom is 0.366 e. The number of aliphatic hydroxyl groups excluding tert-OH is 3. The van der Waals surface area contributed by atoms with E-state index in [1.165, 1.54) is 25.4 Å². The smallest absolute Gasteiger partial charge is 0.366 e. The normalized spacial score (nSPS) is 24.0. The first kappa shape index (κ1) is 19.8. The van der Waals surface area contributed by atoms with Crippen molar-refractivity contribution < 1.29 is 34.4 Å². The second-order valence-corrected chi connectivity index (χ2v) is 5.92. The lowest BCUT2D eigenvalue weighted by Crippen LogP contribution is -2.36. The van der Waals surface area contributed by atoms with Gasteiger partial charge in [-0.25, -0.2) is 9.59 Å².